The highest BCUT2D eigenvalue weighted by Crippen LogP contribution is 2.26. The third-order valence-electron chi connectivity index (χ3n) is 5.44. The maximum atomic E-state index is 13.3. The lowest BCUT2D eigenvalue weighted by Crippen LogP contribution is -2.31. The predicted octanol–water partition coefficient (Wildman–Crippen LogP) is 4.69. The number of hydrogen-bond donors (Lipinski definition) is 0. The van der Waals surface area contributed by atoms with Crippen LogP contribution in [0.4, 0.5) is 0 Å². The van der Waals surface area contributed by atoms with Crippen LogP contribution in [0.25, 0.3) is 21.3 Å². The lowest BCUT2D eigenvalue weighted by Gasteiger charge is -2.15. The van der Waals surface area contributed by atoms with Crippen molar-refractivity contribution in [2.45, 2.75) is 26.9 Å². The quantitative estimate of drug-likeness (QED) is 0.416. The van der Waals surface area contributed by atoms with Gasteiger partial charge in [0.15, 0.2) is 5.78 Å². The van der Waals surface area contributed by atoms with Gasteiger partial charge in [-0.25, -0.2) is 4.98 Å². The molecular weight excluding hydrogens is 406 g/mol. The normalized spacial score (nSPS) is 11.4. The molecule has 0 aliphatic carbocycles. The molecule has 4 aromatic rings. The van der Waals surface area contributed by atoms with E-state index in [-0.39, 0.29) is 17.9 Å². The lowest BCUT2D eigenvalue weighted by molar-refractivity contribution is 0.0968. The van der Waals surface area contributed by atoms with Crippen molar-refractivity contribution in [3.8, 4) is 11.1 Å². The average Bonchev–Trinajstić information content (AvgIpc) is 3.04. The summed E-state index contributed by atoms with van der Waals surface area (Å²) in [6.07, 6.45) is 0. The van der Waals surface area contributed by atoms with E-state index in [9.17, 15) is 9.59 Å². The molecule has 0 spiro atoms. The Morgan fingerprint density at radius 1 is 1.00 bits per heavy atom. The number of hydrogen-bond acceptors (Lipinski definition) is 5. The molecule has 6 heteroatoms. The van der Waals surface area contributed by atoms with Crippen LogP contribution >= 0.6 is 11.3 Å². The van der Waals surface area contributed by atoms with E-state index >= 15 is 0 Å². The minimum Gasteiger partial charge on any atom is -0.302 e. The molecule has 31 heavy (non-hydrogen) atoms. The third-order valence-corrected chi connectivity index (χ3v) is 6.54. The van der Waals surface area contributed by atoms with Gasteiger partial charge in [-0.3, -0.25) is 14.2 Å². The second kappa shape index (κ2) is 8.57. The summed E-state index contributed by atoms with van der Waals surface area (Å²) in [4.78, 5) is 34.9. The van der Waals surface area contributed by atoms with Gasteiger partial charge in [-0.15, -0.1) is 11.3 Å². The second-order valence-electron chi connectivity index (χ2n) is 7.99. The van der Waals surface area contributed by atoms with Crippen LogP contribution in [0.3, 0.4) is 0 Å². The van der Waals surface area contributed by atoms with Crippen molar-refractivity contribution in [1.82, 2.24) is 14.5 Å². The summed E-state index contributed by atoms with van der Waals surface area (Å²) in [6.45, 7) is 4.40. The Labute approximate surface area is 185 Å². The first-order valence-corrected chi connectivity index (χ1v) is 11.0. The molecule has 0 saturated heterocycles. The molecule has 2 aromatic heterocycles. The zero-order valence-electron chi connectivity index (χ0n) is 18.2. The van der Waals surface area contributed by atoms with Crippen LogP contribution in [-0.2, 0) is 13.1 Å². The maximum absolute atomic E-state index is 13.3. The fourth-order valence-corrected chi connectivity index (χ4v) is 4.69. The SMILES string of the molecule is Cc1sc2nc(CN(C)C)n(CC(=O)c3ccc(-c4ccccc4)cc3)c(=O)c2c1C. The van der Waals surface area contributed by atoms with Crippen LogP contribution in [0.15, 0.2) is 59.4 Å². The molecule has 2 heterocycles. The van der Waals surface area contributed by atoms with Gasteiger partial charge in [-0.2, -0.15) is 0 Å². The molecule has 0 N–H and O–H groups in total. The summed E-state index contributed by atoms with van der Waals surface area (Å²) in [5.74, 6) is 0.505. The number of benzene rings is 2. The third kappa shape index (κ3) is 4.22. The highest BCUT2D eigenvalue weighted by atomic mass is 32.1. The minimum atomic E-state index is -0.141. The van der Waals surface area contributed by atoms with Gasteiger partial charge < -0.3 is 4.90 Å². The number of nitrogens with zero attached hydrogens (tertiary/aromatic N) is 3. The van der Waals surface area contributed by atoms with Crippen LogP contribution in [-0.4, -0.2) is 34.3 Å². The summed E-state index contributed by atoms with van der Waals surface area (Å²) in [7, 11) is 3.85. The number of aromatic nitrogens is 2. The Kier molecular flexibility index (Phi) is 5.85. The molecule has 0 radical (unpaired) electrons. The van der Waals surface area contributed by atoms with E-state index in [4.69, 9.17) is 4.98 Å². The van der Waals surface area contributed by atoms with E-state index in [2.05, 4.69) is 0 Å². The predicted molar refractivity (Wildman–Crippen MR) is 127 cm³/mol. The van der Waals surface area contributed by atoms with Crippen molar-refractivity contribution in [2.24, 2.45) is 0 Å². The highest BCUT2D eigenvalue weighted by Gasteiger charge is 2.19. The van der Waals surface area contributed by atoms with E-state index in [0.29, 0.717) is 23.3 Å². The summed E-state index contributed by atoms with van der Waals surface area (Å²) >= 11 is 1.53. The molecule has 0 saturated carbocycles. The van der Waals surface area contributed by atoms with Gasteiger partial charge in [0.25, 0.3) is 5.56 Å². The van der Waals surface area contributed by atoms with E-state index < -0.39 is 0 Å². The fraction of sp³-hybridized carbons (Fsp3) is 0.240. The highest BCUT2D eigenvalue weighted by molar-refractivity contribution is 7.18. The second-order valence-corrected chi connectivity index (χ2v) is 9.19. The van der Waals surface area contributed by atoms with Gasteiger partial charge in [0.1, 0.15) is 10.7 Å². The molecular formula is C25H25N3O2S. The molecule has 0 atom stereocenters. The van der Waals surface area contributed by atoms with Crippen molar-refractivity contribution in [3.05, 3.63) is 86.8 Å². The molecule has 158 valence electrons. The van der Waals surface area contributed by atoms with Crippen LogP contribution in [0.1, 0.15) is 26.6 Å². The Morgan fingerprint density at radius 2 is 1.65 bits per heavy atom. The molecule has 0 unspecified atom stereocenters. The average molecular weight is 432 g/mol. The van der Waals surface area contributed by atoms with Crippen molar-refractivity contribution in [1.29, 1.82) is 0 Å². The van der Waals surface area contributed by atoms with Gasteiger partial charge in [0.05, 0.1) is 18.5 Å². The van der Waals surface area contributed by atoms with E-state index in [1.54, 1.807) is 0 Å². The van der Waals surface area contributed by atoms with Gasteiger partial charge in [0.2, 0.25) is 0 Å². The monoisotopic (exact) mass is 431 g/mol. The summed E-state index contributed by atoms with van der Waals surface area (Å²) in [6, 6.07) is 17.6. The van der Waals surface area contributed by atoms with Crippen molar-refractivity contribution >= 4 is 27.3 Å². The number of ketones is 1. The standard InChI is InChI=1S/C25H25N3O2S/c1-16-17(2)31-24-23(16)25(30)28(22(26-24)15-27(3)4)14-21(29)20-12-10-19(11-13-20)18-8-6-5-7-9-18/h5-13H,14-15H2,1-4H3. The van der Waals surface area contributed by atoms with Crippen molar-refractivity contribution in [2.75, 3.05) is 14.1 Å². The number of thiophene rings is 1. The maximum Gasteiger partial charge on any atom is 0.263 e. The molecule has 0 fully saturated rings. The van der Waals surface area contributed by atoms with Gasteiger partial charge in [-0.1, -0.05) is 54.6 Å². The van der Waals surface area contributed by atoms with E-state index in [1.165, 1.54) is 15.9 Å². The molecule has 2 aromatic carbocycles. The fourth-order valence-electron chi connectivity index (χ4n) is 3.65. The van der Waals surface area contributed by atoms with Crippen LogP contribution < -0.4 is 5.56 Å². The Morgan fingerprint density at radius 3 is 2.29 bits per heavy atom. The van der Waals surface area contributed by atoms with E-state index in [1.807, 2.05) is 87.4 Å². The van der Waals surface area contributed by atoms with Crippen LogP contribution in [0, 0.1) is 13.8 Å². The number of aryl methyl sites for hydroxylation is 2. The number of fused-ring (bicyclic) bond motifs is 1. The minimum absolute atomic E-state index is 0.0238. The van der Waals surface area contributed by atoms with Crippen molar-refractivity contribution in [3.63, 3.8) is 0 Å². The molecule has 0 amide bonds. The first kappa shape index (κ1) is 21.2. The summed E-state index contributed by atoms with van der Waals surface area (Å²) in [5, 5.41) is 0.622. The zero-order chi connectivity index (χ0) is 22.1. The number of carbonyl (C=O) groups excluding carboxylic acids is 1. The summed E-state index contributed by atoms with van der Waals surface area (Å²) < 4.78 is 1.54. The Bertz CT molecular complexity index is 1300. The van der Waals surface area contributed by atoms with Gasteiger partial charge in [-0.05, 0) is 44.6 Å². The zero-order valence-corrected chi connectivity index (χ0v) is 19.0. The first-order valence-electron chi connectivity index (χ1n) is 10.2. The molecule has 0 bridgehead atoms. The van der Waals surface area contributed by atoms with Crippen LogP contribution in [0.2, 0.25) is 0 Å². The molecule has 5 nitrogen and oxygen atoms in total. The molecule has 0 aliphatic heterocycles. The molecule has 4 rings (SSSR count). The number of carbonyl (C=O) groups is 1. The topological polar surface area (TPSA) is 55.2 Å². The lowest BCUT2D eigenvalue weighted by atomic mass is 10.0. The van der Waals surface area contributed by atoms with Gasteiger partial charge in [0, 0.05) is 10.4 Å². The first-order chi connectivity index (χ1) is 14.8. The van der Waals surface area contributed by atoms with Crippen LogP contribution in [0.5, 0.6) is 0 Å². The van der Waals surface area contributed by atoms with Gasteiger partial charge >= 0.3 is 0 Å². The molecule has 0 aliphatic rings. The summed E-state index contributed by atoms with van der Waals surface area (Å²) in [5.41, 5.74) is 3.54. The number of Topliss-reactive ketones (excluding diaryl/α,β-unsaturated/α-hetero) is 1. The largest absolute Gasteiger partial charge is 0.302 e. The number of rotatable bonds is 6. The smallest absolute Gasteiger partial charge is 0.263 e. The Hall–Kier alpha value is -3.09. The van der Waals surface area contributed by atoms with Crippen molar-refractivity contribution < 1.29 is 4.79 Å². The Balaban J connectivity index is 1.70. The van der Waals surface area contributed by atoms with E-state index in [0.717, 1.165) is 26.4 Å².